The van der Waals surface area contributed by atoms with E-state index in [0.717, 1.165) is 36.2 Å². The van der Waals surface area contributed by atoms with Crippen LogP contribution in [0.3, 0.4) is 0 Å². The molecule has 2 aromatic rings. The minimum Gasteiger partial charge on any atom is -0.480 e. The van der Waals surface area contributed by atoms with Gasteiger partial charge in [-0.3, -0.25) is 14.5 Å². The second kappa shape index (κ2) is 13.3. The summed E-state index contributed by atoms with van der Waals surface area (Å²) in [6.45, 7) is 1.01. The van der Waals surface area contributed by atoms with E-state index in [1.165, 1.54) is 0 Å². The monoisotopic (exact) mass is 603 g/mol. The zero-order chi connectivity index (χ0) is 28.2. The molecule has 0 bridgehead atoms. The second-order valence-electron chi connectivity index (χ2n) is 10.2. The number of nitrogens with one attached hydrogen (secondary N) is 2. The predicted molar refractivity (Wildman–Crippen MR) is 144 cm³/mol. The number of likely N-dealkylation sites (tertiary alicyclic amines) is 1. The third-order valence-electron chi connectivity index (χ3n) is 7.50. The molecular weight excluding hydrogens is 571 g/mol. The highest BCUT2D eigenvalue weighted by Gasteiger charge is 2.35. The minimum atomic E-state index is -4.55. The van der Waals surface area contributed by atoms with Gasteiger partial charge in [0, 0.05) is 18.5 Å². The van der Waals surface area contributed by atoms with Crippen molar-refractivity contribution in [3.8, 4) is 0 Å². The molecule has 1 amide bonds. The second-order valence-corrected chi connectivity index (χ2v) is 11.9. The highest BCUT2D eigenvalue weighted by molar-refractivity contribution is 7.89. The number of rotatable bonds is 9. The van der Waals surface area contributed by atoms with Crippen LogP contribution in [0.25, 0.3) is 0 Å². The zero-order valence-corrected chi connectivity index (χ0v) is 23.3. The van der Waals surface area contributed by atoms with Crippen LogP contribution in [-0.2, 0) is 25.8 Å². The van der Waals surface area contributed by atoms with Gasteiger partial charge in [0.2, 0.25) is 15.9 Å². The van der Waals surface area contributed by atoms with Gasteiger partial charge in [0.1, 0.15) is 6.04 Å². The van der Waals surface area contributed by atoms with E-state index in [1.54, 1.807) is 0 Å². The lowest BCUT2D eigenvalue weighted by molar-refractivity contribution is -0.142. The number of carbonyl (C=O) groups excluding carboxylic acids is 1. The lowest BCUT2D eigenvalue weighted by atomic mass is 9.85. The Labute approximate surface area is 237 Å². The van der Waals surface area contributed by atoms with Gasteiger partial charge in [-0.1, -0.05) is 30.3 Å². The maximum absolute atomic E-state index is 13.2. The van der Waals surface area contributed by atoms with Crippen LogP contribution >= 0.6 is 12.4 Å². The molecular formula is C27H33ClF3N3O5S. The number of hydrogen-bond donors (Lipinski definition) is 3. The minimum absolute atomic E-state index is 0. The molecule has 0 radical (unpaired) electrons. The first kappa shape index (κ1) is 31.9. The number of carboxylic acid groups (broad SMARTS) is 1. The SMILES string of the molecule is Cl.O=C(N[C@H](CN1CCCC1C(=O)O)c1ccccc1)C1CCC(NS(=O)(=O)c2ccc(C(F)(F)F)cc2)CC1. The summed E-state index contributed by atoms with van der Waals surface area (Å²) in [6, 6.07) is 11.3. The number of carbonyl (C=O) groups is 2. The van der Waals surface area contributed by atoms with E-state index in [0.29, 0.717) is 45.2 Å². The van der Waals surface area contributed by atoms with Crippen LogP contribution in [0.4, 0.5) is 13.2 Å². The van der Waals surface area contributed by atoms with Crippen molar-refractivity contribution in [1.82, 2.24) is 14.9 Å². The van der Waals surface area contributed by atoms with Crippen LogP contribution in [0.5, 0.6) is 0 Å². The Hall–Kier alpha value is -2.67. The first-order valence-corrected chi connectivity index (χ1v) is 14.4. The summed E-state index contributed by atoms with van der Waals surface area (Å²) in [5.74, 6) is -1.38. The molecule has 2 aliphatic rings. The Morgan fingerprint density at radius 1 is 0.975 bits per heavy atom. The summed E-state index contributed by atoms with van der Waals surface area (Å²) < 4.78 is 66.3. The summed E-state index contributed by atoms with van der Waals surface area (Å²) in [4.78, 5) is 26.5. The largest absolute Gasteiger partial charge is 0.480 e. The number of sulfonamides is 1. The van der Waals surface area contributed by atoms with Crippen molar-refractivity contribution in [2.24, 2.45) is 5.92 Å². The van der Waals surface area contributed by atoms with Crippen molar-refractivity contribution in [2.45, 2.75) is 67.7 Å². The summed E-state index contributed by atoms with van der Waals surface area (Å²) in [7, 11) is -4.01. The molecule has 0 aromatic heterocycles. The molecule has 0 spiro atoms. The molecule has 1 aliphatic heterocycles. The van der Waals surface area contributed by atoms with Gasteiger partial charge in [-0.05, 0) is 74.9 Å². The quantitative estimate of drug-likeness (QED) is 0.392. The van der Waals surface area contributed by atoms with Gasteiger partial charge in [-0.2, -0.15) is 13.2 Å². The number of nitrogens with zero attached hydrogens (tertiary/aromatic N) is 1. The number of amides is 1. The summed E-state index contributed by atoms with van der Waals surface area (Å²) in [6.07, 6.45) is -1.52. The van der Waals surface area contributed by atoms with E-state index < -0.39 is 45.9 Å². The van der Waals surface area contributed by atoms with Gasteiger partial charge in [-0.15, -0.1) is 12.4 Å². The molecule has 2 aromatic carbocycles. The van der Waals surface area contributed by atoms with Gasteiger partial charge in [0.25, 0.3) is 0 Å². The molecule has 8 nitrogen and oxygen atoms in total. The average Bonchev–Trinajstić information content (AvgIpc) is 3.37. The Morgan fingerprint density at radius 2 is 1.60 bits per heavy atom. The van der Waals surface area contributed by atoms with E-state index in [-0.39, 0.29) is 29.1 Å². The van der Waals surface area contributed by atoms with Crippen LogP contribution in [0.1, 0.15) is 55.7 Å². The topological polar surface area (TPSA) is 116 Å². The van der Waals surface area contributed by atoms with E-state index >= 15 is 0 Å². The van der Waals surface area contributed by atoms with Crippen molar-refractivity contribution in [3.63, 3.8) is 0 Å². The third-order valence-corrected chi connectivity index (χ3v) is 9.03. The molecule has 40 heavy (non-hydrogen) atoms. The molecule has 220 valence electrons. The van der Waals surface area contributed by atoms with Crippen molar-refractivity contribution in [1.29, 1.82) is 0 Å². The standard InChI is InChI=1S/C27H32F3N3O5S.ClH/c28-27(29,30)20-10-14-22(15-11-20)39(37,38)32-21-12-8-19(9-13-21)25(34)31-23(18-5-2-1-3-6-18)17-33-16-4-7-24(33)26(35)36;/h1-3,5-6,10-11,14-15,19,21,23-24,32H,4,7-9,12-13,16-17H2,(H,31,34)(H,35,36);1H/t19?,21?,23-,24?;/m1./s1. The molecule has 1 unspecified atom stereocenters. The van der Waals surface area contributed by atoms with E-state index in [9.17, 15) is 36.3 Å². The van der Waals surface area contributed by atoms with Crippen LogP contribution in [0, 0.1) is 5.92 Å². The van der Waals surface area contributed by atoms with Crippen LogP contribution < -0.4 is 10.0 Å². The molecule has 4 rings (SSSR count). The van der Waals surface area contributed by atoms with Gasteiger partial charge in [0.05, 0.1) is 16.5 Å². The van der Waals surface area contributed by atoms with Crippen molar-refractivity contribution < 1.29 is 36.3 Å². The lowest BCUT2D eigenvalue weighted by Gasteiger charge is -2.31. The normalized spacial score (nSPS) is 22.7. The number of carboxylic acids is 1. The maximum atomic E-state index is 13.2. The fourth-order valence-corrected chi connectivity index (χ4v) is 6.66. The van der Waals surface area contributed by atoms with Crippen molar-refractivity contribution in [3.05, 3.63) is 65.7 Å². The zero-order valence-electron chi connectivity index (χ0n) is 21.6. The number of halogens is 4. The Bertz CT molecular complexity index is 1250. The Balaban J connectivity index is 0.00000441. The van der Waals surface area contributed by atoms with Gasteiger partial charge in [-0.25, -0.2) is 13.1 Å². The Kier molecular flexibility index (Phi) is 10.6. The molecule has 13 heteroatoms. The molecule has 3 N–H and O–H groups in total. The fourth-order valence-electron chi connectivity index (χ4n) is 5.35. The van der Waals surface area contributed by atoms with Crippen molar-refractivity contribution in [2.75, 3.05) is 13.1 Å². The molecule has 2 atom stereocenters. The molecule has 1 saturated carbocycles. The van der Waals surface area contributed by atoms with Gasteiger partial charge in [0.15, 0.2) is 0 Å². The predicted octanol–water partition coefficient (Wildman–Crippen LogP) is 4.37. The number of hydrogen-bond acceptors (Lipinski definition) is 5. The van der Waals surface area contributed by atoms with Gasteiger partial charge >= 0.3 is 12.1 Å². The number of aliphatic carboxylic acids is 1. The molecule has 1 heterocycles. The summed E-state index contributed by atoms with van der Waals surface area (Å²) in [5, 5.41) is 12.6. The molecule has 1 saturated heterocycles. The van der Waals surface area contributed by atoms with Crippen molar-refractivity contribution >= 4 is 34.3 Å². The van der Waals surface area contributed by atoms with Crippen LogP contribution in [0.15, 0.2) is 59.5 Å². The van der Waals surface area contributed by atoms with E-state index in [2.05, 4.69) is 10.0 Å². The van der Waals surface area contributed by atoms with E-state index in [1.807, 2.05) is 35.2 Å². The highest BCUT2D eigenvalue weighted by atomic mass is 35.5. The van der Waals surface area contributed by atoms with Gasteiger partial charge < -0.3 is 10.4 Å². The summed E-state index contributed by atoms with van der Waals surface area (Å²) >= 11 is 0. The fraction of sp³-hybridized carbons (Fsp3) is 0.481. The molecule has 2 fully saturated rings. The van der Waals surface area contributed by atoms with Crippen LogP contribution in [0.2, 0.25) is 0 Å². The maximum Gasteiger partial charge on any atom is 0.416 e. The number of alkyl halides is 3. The van der Waals surface area contributed by atoms with Crippen LogP contribution in [-0.4, -0.2) is 55.5 Å². The molecule has 1 aliphatic carbocycles. The number of benzene rings is 2. The first-order chi connectivity index (χ1) is 18.4. The third kappa shape index (κ3) is 7.96. The highest BCUT2D eigenvalue weighted by Crippen LogP contribution is 2.31. The van der Waals surface area contributed by atoms with E-state index in [4.69, 9.17) is 0 Å². The Morgan fingerprint density at radius 3 is 2.17 bits per heavy atom. The smallest absolute Gasteiger partial charge is 0.416 e. The lowest BCUT2D eigenvalue weighted by Crippen LogP contribution is -2.45. The first-order valence-electron chi connectivity index (χ1n) is 13.0. The average molecular weight is 604 g/mol. The summed E-state index contributed by atoms with van der Waals surface area (Å²) in [5.41, 5.74) is -0.0511.